The number of imide groups is 1. The number of likely N-dealkylation sites (tertiary alicyclic amines) is 1. The lowest BCUT2D eigenvalue weighted by Gasteiger charge is -2.43. The van der Waals surface area contributed by atoms with Crippen molar-refractivity contribution in [3.05, 3.63) is 44.4 Å². The Morgan fingerprint density at radius 2 is 1.78 bits per heavy atom. The molecule has 3 N–H and O–H groups in total. The van der Waals surface area contributed by atoms with Crippen LogP contribution in [0.25, 0.3) is 0 Å². The number of H-pyrrole nitrogens is 1. The molecule has 3 fully saturated rings. The molecule has 2 aliphatic carbocycles. The maximum Gasteiger partial charge on any atom is 0.326 e. The summed E-state index contributed by atoms with van der Waals surface area (Å²) in [6, 6.07) is 5.77. The number of aromatic nitrogens is 1. The summed E-state index contributed by atoms with van der Waals surface area (Å²) in [7, 11) is 0. The first-order valence-corrected chi connectivity index (χ1v) is 12.3. The normalized spacial score (nSPS) is 35.5. The SMILES string of the molecule is C[C@@H](C(=O)O)N1C(=O)[C@H]2[C@@H]3C[C@@H]([C@@H]2C1=O)[C@H]1[C@H](c2ccc(O)cc2)c2sc(=O)[nH]c2S[C@H]31. The molecule has 4 aliphatic rings. The lowest BCUT2D eigenvalue weighted by Crippen LogP contribution is -2.44. The number of fused-ring (bicyclic) bond motifs is 9. The third-order valence-electron chi connectivity index (χ3n) is 7.75. The molecule has 166 valence electrons. The first kappa shape index (κ1) is 20.0. The van der Waals surface area contributed by atoms with Gasteiger partial charge in [0.25, 0.3) is 0 Å². The molecule has 2 saturated carbocycles. The van der Waals surface area contributed by atoms with Crippen LogP contribution in [-0.2, 0) is 14.4 Å². The van der Waals surface area contributed by atoms with Gasteiger partial charge in [-0.25, -0.2) is 4.79 Å². The van der Waals surface area contributed by atoms with Gasteiger partial charge < -0.3 is 15.2 Å². The van der Waals surface area contributed by atoms with Crippen LogP contribution in [0, 0.1) is 29.6 Å². The summed E-state index contributed by atoms with van der Waals surface area (Å²) < 4.78 is 0. The van der Waals surface area contributed by atoms with Gasteiger partial charge in [0, 0.05) is 16.0 Å². The zero-order valence-electron chi connectivity index (χ0n) is 16.9. The number of thiazole rings is 1. The number of carbonyl (C=O) groups is 3. The third-order valence-corrected chi connectivity index (χ3v) is 10.3. The van der Waals surface area contributed by atoms with Crippen molar-refractivity contribution in [1.82, 2.24) is 9.88 Å². The van der Waals surface area contributed by atoms with Crippen molar-refractivity contribution in [3.8, 4) is 5.75 Å². The van der Waals surface area contributed by atoms with E-state index in [1.165, 1.54) is 18.3 Å². The molecule has 1 aromatic heterocycles. The zero-order valence-corrected chi connectivity index (χ0v) is 18.6. The van der Waals surface area contributed by atoms with Crippen LogP contribution in [0.5, 0.6) is 5.75 Å². The molecule has 2 amide bonds. The van der Waals surface area contributed by atoms with Gasteiger partial charge in [-0.3, -0.25) is 19.3 Å². The zero-order chi connectivity index (χ0) is 22.5. The fourth-order valence-corrected chi connectivity index (χ4v) is 9.48. The van der Waals surface area contributed by atoms with Crippen molar-refractivity contribution in [2.24, 2.45) is 29.6 Å². The Hall–Kier alpha value is -2.59. The van der Waals surface area contributed by atoms with E-state index < -0.39 is 23.8 Å². The highest BCUT2D eigenvalue weighted by atomic mass is 32.2. The molecule has 0 unspecified atom stereocenters. The number of carbonyl (C=O) groups excluding carboxylic acids is 2. The predicted molar refractivity (Wildman–Crippen MR) is 116 cm³/mol. The molecule has 1 aromatic carbocycles. The van der Waals surface area contributed by atoms with E-state index in [9.17, 15) is 29.4 Å². The lowest BCUT2D eigenvalue weighted by atomic mass is 9.68. The number of carboxylic acid groups (broad SMARTS) is 1. The molecule has 8 nitrogen and oxygen atoms in total. The minimum Gasteiger partial charge on any atom is -0.508 e. The number of phenolic OH excluding ortho intramolecular Hbond substituents is 1. The number of nitrogens with zero attached hydrogens (tertiary/aromatic N) is 1. The number of phenols is 1. The molecule has 2 bridgehead atoms. The van der Waals surface area contributed by atoms with Crippen LogP contribution in [0.15, 0.2) is 34.1 Å². The van der Waals surface area contributed by atoms with E-state index >= 15 is 0 Å². The van der Waals surface area contributed by atoms with Gasteiger partial charge in [-0.15, -0.1) is 11.8 Å². The van der Waals surface area contributed by atoms with Crippen LogP contribution >= 0.6 is 23.1 Å². The third kappa shape index (κ3) is 2.50. The summed E-state index contributed by atoms with van der Waals surface area (Å²) in [5, 5.41) is 20.1. The molecular formula is C22H20N2O6S2. The summed E-state index contributed by atoms with van der Waals surface area (Å²) in [4.78, 5) is 54.9. The Morgan fingerprint density at radius 1 is 1.12 bits per heavy atom. The average molecular weight is 473 g/mol. The predicted octanol–water partition coefficient (Wildman–Crippen LogP) is 2.09. The van der Waals surface area contributed by atoms with Crippen molar-refractivity contribution in [2.45, 2.75) is 35.6 Å². The van der Waals surface area contributed by atoms with E-state index in [1.54, 1.807) is 23.9 Å². The minimum absolute atomic E-state index is 0.0430. The second kappa shape index (κ2) is 6.71. The van der Waals surface area contributed by atoms with Crippen LogP contribution in [0.1, 0.15) is 29.7 Å². The maximum atomic E-state index is 13.3. The molecule has 2 aromatic rings. The summed E-state index contributed by atoms with van der Waals surface area (Å²) in [5.74, 6) is -2.95. The molecule has 6 rings (SSSR count). The van der Waals surface area contributed by atoms with Gasteiger partial charge in [0.15, 0.2) is 0 Å². The maximum absolute atomic E-state index is 13.3. The number of amides is 2. The fourth-order valence-electron chi connectivity index (χ4n) is 6.59. The number of hydrogen-bond donors (Lipinski definition) is 3. The van der Waals surface area contributed by atoms with E-state index in [1.807, 2.05) is 12.1 Å². The van der Waals surface area contributed by atoms with Crippen molar-refractivity contribution < 1.29 is 24.6 Å². The molecule has 3 heterocycles. The summed E-state index contributed by atoms with van der Waals surface area (Å²) >= 11 is 2.76. The van der Waals surface area contributed by atoms with Crippen LogP contribution in [0.2, 0.25) is 0 Å². The van der Waals surface area contributed by atoms with E-state index in [0.29, 0.717) is 0 Å². The largest absolute Gasteiger partial charge is 0.508 e. The van der Waals surface area contributed by atoms with Crippen molar-refractivity contribution in [2.75, 3.05) is 0 Å². The average Bonchev–Trinajstić information content (AvgIpc) is 3.47. The number of rotatable bonds is 3. The van der Waals surface area contributed by atoms with Gasteiger partial charge in [0.2, 0.25) is 11.8 Å². The minimum atomic E-state index is -1.19. The van der Waals surface area contributed by atoms with E-state index in [2.05, 4.69) is 4.98 Å². The van der Waals surface area contributed by atoms with Gasteiger partial charge >= 0.3 is 10.8 Å². The second-order valence-corrected chi connectivity index (χ2v) is 11.3. The van der Waals surface area contributed by atoms with Crippen molar-refractivity contribution in [3.63, 3.8) is 0 Å². The van der Waals surface area contributed by atoms with E-state index in [0.717, 1.165) is 26.8 Å². The first-order valence-electron chi connectivity index (χ1n) is 10.6. The van der Waals surface area contributed by atoms with E-state index in [-0.39, 0.29) is 51.4 Å². The fraction of sp³-hybridized carbons (Fsp3) is 0.455. The summed E-state index contributed by atoms with van der Waals surface area (Å²) in [6.07, 6.45) is 0.748. The first-order chi connectivity index (χ1) is 15.3. The molecule has 32 heavy (non-hydrogen) atoms. The number of hydrogen-bond acceptors (Lipinski definition) is 7. The van der Waals surface area contributed by atoms with Crippen LogP contribution < -0.4 is 4.87 Å². The number of aliphatic carboxylic acids is 1. The molecule has 1 saturated heterocycles. The summed E-state index contributed by atoms with van der Waals surface area (Å²) in [6.45, 7) is 1.38. The van der Waals surface area contributed by atoms with Gasteiger partial charge in [-0.05, 0) is 48.8 Å². The quantitative estimate of drug-likeness (QED) is 0.584. The molecule has 0 spiro atoms. The van der Waals surface area contributed by atoms with E-state index in [4.69, 9.17) is 0 Å². The second-order valence-electron chi connectivity index (χ2n) is 9.11. The number of aromatic hydroxyl groups is 1. The van der Waals surface area contributed by atoms with Crippen molar-refractivity contribution >= 4 is 40.9 Å². The Labute approximate surface area is 190 Å². The highest BCUT2D eigenvalue weighted by molar-refractivity contribution is 8.00. The number of benzene rings is 1. The topological polar surface area (TPSA) is 128 Å². The Kier molecular flexibility index (Phi) is 4.20. The molecular weight excluding hydrogens is 452 g/mol. The Balaban J connectivity index is 1.45. The molecule has 0 radical (unpaired) electrons. The van der Waals surface area contributed by atoms with Crippen LogP contribution in [0.3, 0.4) is 0 Å². The highest BCUT2D eigenvalue weighted by Gasteiger charge is 2.70. The van der Waals surface area contributed by atoms with Gasteiger partial charge in [0.05, 0.1) is 16.9 Å². The molecule has 8 atom stereocenters. The number of aromatic amines is 1. The van der Waals surface area contributed by atoms with Crippen molar-refractivity contribution in [1.29, 1.82) is 0 Å². The summed E-state index contributed by atoms with van der Waals surface area (Å²) in [5.41, 5.74) is 0.964. The number of nitrogens with one attached hydrogen (secondary N) is 1. The van der Waals surface area contributed by atoms with Crippen LogP contribution in [-0.4, -0.2) is 49.2 Å². The van der Waals surface area contributed by atoms with Gasteiger partial charge in [-0.2, -0.15) is 0 Å². The molecule has 10 heteroatoms. The smallest absolute Gasteiger partial charge is 0.326 e. The highest BCUT2D eigenvalue weighted by Crippen LogP contribution is 2.68. The van der Waals surface area contributed by atoms with Gasteiger partial charge in [0.1, 0.15) is 11.8 Å². The number of thioether (sulfide) groups is 1. The van der Waals surface area contributed by atoms with Crippen LogP contribution in [0.4, 0.5) is 0 Å². The Bertz CT molecular complexity index is 1220. The molecule has 2 aliphatic heterocycles. The number of carboxylic acids is 1. The van der Waals surface area contributed by atoms with Gasteiger partial charge in [-0.1, -0.05) is 23.5 Å². The Morgan fingerprint density at radius 3 is 2.44 bits per heavy atom. The standard InChI is InChI=1S/C22H20N2O6S2/c1-7(21(28)29)24-19(26)14-10-6-11(15(14)20(24)27)16-13(10)12(8-2-4-9(25)5-3-8)17-18(31-16)23-22(30)32-17/h2-5,7,10-16,25H,6H2,1H3,(H,23,30)(H,28,29)/t7-,10+,11-,12-,13-,14-,15-,16+/m0/s1. The lowest BCUT2D eigenvalue weighted by molar-refractivity contribution is -0.154. The monoisotopic (exact) mass is 472 g/mol.